The average molecular weight is 481 g/mol. The van der Waals surface area contributed by atoms with E-state index < -0.39 is 12.6 Å². The largest absolute Gasteiger partial charge is 0.452 e. The van der Waals surface area contributed by atoms with Crippen LogP contribution in [-0.2, 0) is 14.3 Å². The first-order valence-corrected chi connectivity index (χ1v) is 12.9. The number of esters is 1. The standard InChI is InChI=1S/C29H40N2O4/c1-3-4-5-6-7-8-9-10-14-21-27(32)31-26-20-16-15-19-25(26)29(34)35-22-28(33)30-23(2)24-17-12-11-13-18-24/h11-13,15-20,23H,3-10,14,21-22H2,1-2H3,(H,30,33)(H,31,32)/t23-/m0/s1. The van der Waals surface area contributed by atoms with E-state index in [9.17, 15) is 14.4 Å². The molecule has 0 aliphatic rings. The molecule has 2 N–H and O–H groups in total. The molecule has 0 aliphatic heterocycles. The van der Waals surface area contributed by atoms with Crippen molar-refractivity contribution in [2.75, 3.05) is 11.9 Å². The van der Waals surface area contributed by atoms with Gasteiger partial charge in [-0.25, -0.2) is 4.79 Å². The zero-order valence-corrected chi connectivity index (χ0v) is 21.2. The second-order valence-corrected chi connectivity index (χ2v) is 8.95. The second kappa shape index (κ2) is 16.5. The first-order chi connectivity index (χ1) is 17.0. The fourth-order valence-electron chi connectivity index (χ4n) is 3.90. The summed E-state index contributed by atoms with van der Waals surface area (Å²) in [4.78, 5) is 37.2. The van der Waals surface area contributed by atoms with Crippen molar-refractivity contribution in [3.05, 3.63) is 65.7 Å². The molecule has 2 rings (SSSR count). The molecule has 0 heterocycles. The third-order valence-electron chi connectivity index (χ3n) is 5.94. The maximum atomic E-state index is 12.6. The lowest BCUT2D eigenvalue weighted by atomic mass is 10.1. The molecular weight excluding hydrogens is 440 g/mol. The summed E-state index contributed by atoms with van der Waals surface area (Å²) in [5, 5.41) is 5.63. The molecule has 0 saturated carbocycles. The van der Waals surface area contributed by atoms with Crippen LogP contribution in [0.4, 0.5) is 5.69 Å². The van der Waals surface area contributed by atoms with Crippen molar-refractivity contribution in [2.45, 2.75) is 84.1 Å². The van der Waals surface area contributed by atoms with Crippen molar-refractivity contribution in [3.8, 4) is 0 Å². The molecule has 2 amide bonds. The van der Waals surface area contributed by atoms with E-state index in [0.717, 1.165) is 24.8 Å². The van der Waals surface area contributed by atoms with E-state index in [-0.39, 0.29) is 23.4 Å². The minimum absolute atomic E-state index is 0.123. The molecule has 35 heavy (non-hydrogen) atoms. The molecule has 0 spiro atoms. The number of ether oxygens (including phenoxy) is 1. The summed E-state index contributed by atoms with van der Waals surface area (Å²) in [6.45, 7) is 3.70. The van der Waals surface area contributed by atoms with Gasteiger partial charge in [-0.15, -0.1) is 0 Å². The predicted molar refractivity (Wildman–Crippen MR) is 140 cm³/mol. The Balaban J connectivity index is 1.72. The Hall–Kier alpha value is -3.15. The minimum atomic E-state index is -0.647. The van der Waals surface area contributed by atoms with E-state index >= 15 is 0 Å². The number of hydrogen-bond donors (Lipinski definition) is 2. The topological polar surface area (TPSA) is 84.5 Å². The van der Waals surface area contributed by atoms with Crippen LogP contribution in [0, 0.1) is 0 Å². The van der Waals surface area contributed by atoms with E-state index in [1.54, 1.807) is 24.3 Å². The molecule has 190 valence electrons. The molecule has 0 saturated heterocycles. The van der Waals surface area contributed by atoms with Gasteiger partial charge in [0.15, 0.2) is 6.61 Å². The lowest BCUT2D eigenvalue weighted by Crippen LogP contribution is -2.31. The van der Waals surface area contributed by atoms with Crippen molar-refractivity contribution < 1.29 is 19.1 Å². The molecule has 6 heteroatoms. The van der Waals surface area contributed by atoms with Crippen LogP contribution in [0.1, 0.15) is 100 Å². The SMILES string of the molecule is CCCCCCCCCCCC(=O)Nc1ccccc1C(=O)OCC(=O)N[C@@H](C)c1ccccc1. The molecule has 0 unspecified atom stereocenters. The van der Waals surface area contributed by atoms with Gasteiger partial charge in [0.25, 0.3) is 5.91 Å². The van der Waals surface area contributed by atoms with Crippen LogP contribution in [0.3, 0.4) is 0 Å². The lowest BCUT2D eigenvalue weighted by molar-refractivity contribution is -0.124. The van der Waals surface area contributed by atoms with Gasteiger partial charge in [-0.05, 0) is 31.0 Å². The summed E-state index contributed by atoms with van der Waals surface area (Å²) in [7, 11) is 0. The number of carbonyl (C=O) groups excluding carboxylic acids is 3. The van der Waals surface area contributed by atoms with E-state index in [1.165, 1.54) is 38.5 Å². The number of carbonyl (C=O) groups is 3. The quantitative estimate of drug-likeness (QED) is 0.210. The first kappa shape index (κ1) is 28.1. The summed E-state index contributed by atoms with van der Waals surface area (Å²) < 4.78 is 5.21. The maximum absolute atomic E-state index is 12.6. The van der Waals surface area contributed by atoms with Gasteiger partial charge in [-0.3, -0.25) is 9.59 Å². The van der Waals surface area contributed by atoms with Crippen LogP contribution in [0.2, 0.25) is 0 Å². The highest BCUT2D eigenvalue weighted by atomic mass is 16.5. The monoisotopic (exact) mass is 480 g/mol. The maximum Gasteiger partial charge on any atom is 0.340 e. The van der Waals surface area contributed by atoms with E-state index in [2.05, 4.69) is 17.6 Å². The van der Waals surface area contributed by atoms with Gasteiger partial charge < -0.3 is 15.4 Å². The van der Waals surface area contributed by atoms with Gasteiger partial charge in [0, 0.05) is 6.42 Å². The van der Waals surface area contributed by atoms with Crippen molar-refractivity contribution in [1.29, 1.82) is 0 Å². The number of benzene rings is 2. The summed E-state index contributed by atoms with van der Waals surface area (Å²) in [6, 6.07) is 16.1. The minimum Gasteiger partial charge on any atom is -0.452 e. The molecule has 1 atom stereocenters. The Bertz CT molecular complexity index is 914. The predicted octanol–water partition coefficient (Wildman–Crippen LogP) is 6.58. The molecule has 2 aromatic carbocycles. The van der Waals surface area contributed by atoms with E-state index in [0.29, 0.717) is 12.1 Å². The Morgan fingerprint density at radius 3 is 2.06 bits per heavy atom. The van der Waals surface area contributed by atoms with Crippen molar-refractivity contribution >= 4 is 23.5 Å². The number of amides is 2. The van der Waals surface area contributed by atoms with Crippen molar-refractivity contribution in [1.82, 2.24) is 5.32 Å². The normalized spacial score (nSPS) is 11.5. The average Bonchev–Trinajstić information content (AvgIpc) is 2.87. The van der Waals surface area contributed by atoms with Gasteiger partial charge in [0.1, 0.15) is 0 Å². The molecule has 0 aliphatic carbocycles. The summed E-state index contributed by atoms with van der Waals surface area (Å²) in [5.41, 5.74) is 1.60. The summed E-state index contributed by atoms with van der Waals surface area (Å²) in [6.07, 6.45) is 11.1. The van der Waals surface area contributed by atoms with E-state index in [1.807, 2.05) is 37.3 Å². The van der Waals surface area contributed by atoms with Gasteiger partial charge >= 0.3 is 5.97 Å². The zero-order chi connectivity index (χ0) is 25.3. The van der Waals surface area contributed by atoms with Crippen molar-refractivity contribution in [2.24, 2.45) is 0 Å². The smallest absolute Gasteiger partial charge is 0.340 e. The van der Waals surface area contributed by atoms with Crippen LogP contribution in [0.25, 0.3) is 0 Å². The number of nitrogens with one attached hydrogen (secondary N) is 2. The second-order valence-electron chi connectivity index (χ2n) is 8.95. The molecule has 0 radical (unpaired) electrons. The number of para-hydroxylation sites is 1. The highest BCUT2D eigenvalue weighted by Gasteiger charge is 2.17. The van der Waals surface area contributed by atoms with Crippen LogP contribution in [0.15, 0.2) is 54.6 Å². The van der Waals surface area contributed by atoms with Crippen LogP contribution < -0.4 is 10.6 Å². The van der Waals surface area contributed by atoms with E-state index in [4.69, 9.17) is 4.74 Å². The number of unbranched alkanes of at least 4 members (excludes halogenated alkanes) is 8. The molecule has 0 aromatic heterocycles. The Labute approximate surface area is 209 Å². The Kier molecular flexibility index (Phi) is 13.2. The fraction of sp³-hybridized carbons (Fsp3) is 0.483. The zero-order valence-electron chi connectivity index (χ0n) is 21.2. The lowest BCUT2D eigenvalue weighted by Gasteiger charge is -2.15. The van der Waals surface area contributed by atoms with Crippen LogP contribution in [-0.4, -0.2) is 24.4 Å². The van der Waals surface area contributed by atoms with Gasteiger partial charge in [-0.2, -0.15) is 0 Å². The highest BCUT2D eigenvalue weighted by molar-refractivity contribution is 6.01. The van der Waals surface area contributed by atoms with Crippen LogP contribution >= 0.6 is 0 Å². The van der Waals surface area contributed by atoms with Gasteiger partial charge in [-0.1, -0.05) is 101 Å². The number of hydrogen-bond acceptors (Lipinski definition) is 4. The third-order valence-corrected chi connectivity index (χ3v) is 5.94. The van der Waals surface area contributed by atoms with Gasteiger partial charge in [0.05, 0.1) is 17.3 Å². The molecular formula is C29H40N2O4. The van der Waals surface area contributed by atoms with Crippen molar-refractivity contribution in [3.63, 3.8) is 0 Å². The first-order valence-electron chi connectivity index (χ1n) is 12.9. The molecule has 0 fully saturated rings. The van der Waals surface area contributed by atoms with Crippen LogP contribution in [0.5, 0.6) is 0 Å². The number of rotatable bonds is 16. The Morgan fingerprint density at radius 2 is 1.37 bits per heavy atom. The molecule has 0 bridgehead atoms. The summed E-state index contributed by atoms with van der Waals surface area (Å²) in [5.74, 6) is -1.16. The molecule has 2 aromatic rings. The number of anilines is 1. The Morgan fingerprint density at radius 1 is 0.771 bits per heavy atom. The summed E-state index contributed by atoms with van der Waals surface area (Å²) >= 11 is 0. The van der Waals surface area contributed by atoms with Gasteiger partial charge in [0.2, 0.25) is 5.91 Å². The third kappa shape index (κ3) is 11.2. The fourth-order valence-corrected chi connectivity index (χ4v) is 3.90. The molecule has 6 nitrogen and oxygen atoms in total. The highest BCUT2D eigenvalue weighted by Crippen LogP contribution is 2.18.